The Morgan fingerprint density at radius 2 is 1.81 bits per heavy atom. The van der Waals surface area contributed by atoms with E-state index < -0.39 is 10.0 Å². The number of benzene rings is 2. The number of H-pyrrole nitrogens is 1. The van der Waals surface area contributed by atoms with Crippen LogP contribution in [-0.2, 0) is 10.0 Å². The number of sulfonamides is 1. The van der Waals surface area contributed by atoms with Crippen molar-refractivity contribution < 1.29 is 8.42 Å². The van der Waals surface area contributed by atoms with Crippen LogP contribution in [0.4, 0.5) is 0 Å². The fourth-order valence-corrected chi connectivity index (χ4v) is 5.05. The monoisotopic (exact) mass is 386 g/mol. The van der Waals surface area contributed by atoms with E-state index in [1.54, 1.807) is 24.3 Å². The van der Waals surface area contributed by atoms with E-state index in [1.165, 1.54) is 20.8 Å². The normalized spacial score (nSPS) is 16.0. The number of hydrogen-bond acceptors (Lipinski definition) is 2. The first-order valence-electron chi connectivity index (χ1n) is 8.49. The number of rotatable bonds is 3. The molecular weight excluding hydrogens is 368 g/mol. The van der Waals surface area contributed by atoms with E-state index in [2.05, 4.69) is 24.0 Å². The van der Waals surface area contributed by atoms with Gasteiger partial charge in [-0.25, -0.2) is 8.42 Å². The Bertz CT molecular complexity index is 1100. The Morgan fingerprint density at radius 1 is 1.08 bits per heavy atom. The number of aromatic amines is 1. The maximum Gasteiger partial charge on any atom is 0.243 e. The molecule has 0 unspecified atom stereocenters. The molecule has 0 bridgehead atoms. The molecule has 6 heteroatoms. The predicted molar refractivity (Wildman–Crippen MR) is 106 cm³/mol. The predicted octanol–water partition coefficient (Wildman–Crippen LogP) is 4.61. The third-order valence-corrected chi connectivity index (χ3v) is 6.97. The number of para-hydroxylation sites is 1. The smallest absolute Gasteiger partial charge is 0.243 e. The van der Waals surface area contributed by atoms with Crippen LogP contribution in [-0.4, -0.2) is 30.8 Å². The van der Waals surface area contributed by atoms with Crippen molar-refractivity contribution >= 4 is 38.1 Å². The zero-order valence-corrected chi connectivity index (χ0v) is 15.9. The van der Waals surface area contributed by atoms with Crippen LogP contribution < -0.4 is 0 Å². The molecule has 1 N–H and O–H groups in total. The maximum atomic E-state index is 12.8. The van der Waals surface area contributed by atoms with E-state index in [4.69, 9.17) is 11.6 Å². The largest absolute Gasteiger partial charge is 0.358 e. The molecule has 2 heterocycles. The first-order chi connectivity index (χ1) is 12.5. The molecule has 0 amide bonds. The summed E-state index contributed by atoms with van der Waals surface area (Å²) in [5.74, 6) is 0. The third kappa shape index (κ3) is 2.96. The topological polar surface area (TPSA) is 53.2 Å². The highest BCUT2D eigenvalue weighted by atomic mass is 35.5. The quantitative estimate of drug-likeness (QED) is 0.714. The van der Waals surface area contributed by atoms with E-state index in [0.717, 1.165) is 11.2 Å². The second kappa shape index (κ2) is 6.58. The Hall–Kier alpha value is -2.08. The molecule has 26 heavy (non-hydrogen) atoms. The van der Waals surface area contributed by atoms with Crippen LogP contribution in [0, 0.1) is 6.92 Å². The van der Waals surface area contributed by atoms with E-state index in [1.807, 2.05) is 18.2 Å². The van der Waals surface area contributed by atoms with E-state index >= 15 is 0 Å². The summed E-state index contributed by atoms with van der Waals surface area (Å²) in [5.41, 5.74) is 4.62. The number of nitrogens with zero attached hydrogens (tertiary/aromatic N) is 1. The highest BCUT2D eigenvalue weighted by Gasteiger charge is 2.27. The molecule has 0 fully saturated rings. The van der Waals surface area contributed by atoms with Crippen LogP contribution in [0.25, 0.3) is 16.5 Å². The van der Waals surface area contributed by atoms with Gasteiger partial charge in [0.2, 0.25) is 10.0 Å². The lowest BCUT2D eigenvalue weighted by molar-refractivity contribution is 0.441. The summed E-state index contributed by atoms with van der Waals surface area (Å²) < 4.78 is 27.2. The number of fused-ring (bicyclic) bond motifs is 1. The van der Waals surface area contributed by atoms with Gasteiger partial charge in [-0.15, -0.1) is 0 Å². The molecule has 0 aliphatic carbocycles. The molecular formula is C20H19ClN2O2S. The van der Waals surface area contributed by atoms with Gasteiger partial charge in [-0.2, -0.15) is 4.31 Å². The van der Waals surface area contributed by atoms with Crippen molar-refractivity contribution in [2.75, 3.05) is 13.1 Å². The van der Waals surface area contributed by atoms with Gasteiger partial charge in [-0.1, -0.05) is 35.9 Å². The lowest BCUT2D eigenvalue weighted by Gasteiger charge is -2.26. The van der Waals surface area contributed by atoms with Crippen molar-refractivity contribution in [1.82, 2.24) is 9.29 Å². The second-order valence-electron chi connectivity index (χ2n) is 6.47. The fourth-order valence-electron chi connectivity index (χ4n) is 3.54. The summed E-state index contributed by atoms with van der Waals surface area (Å²) in [6, 6.07) is 14.5. The number of nitrogens with one attached hydrogen (secondary N) is 1. The maximum absolute atomic E-state index is 12.8. The van der Waals surface area contributed by atoms with Crippen molar-refractivity contribution in [3.8, 4) is 0 Å². The molecule has 0 spiro atoms. The van der Waals surface area contributed by atoms with Gasteiger partial charge in [0, 0.05) is 40.3 Å². The lowest BCUT2D eigenvalue weighted by Crippen LogP contribution is -2.34. The van der Waals surface area contributed by atoms with Crippen LogP contribution in [0.2, 0.25) is 5.02 Å². The Balaban J connectivity index is 1.64. The van der Waals surface area contributed by atoms with Crippen LogP contribution >= 0.6 is 11.6 Å². The Labute approximate surface area is 158 Å². The number of aromatic nitrogens is 1. The average molecular weight is 387 g/mol. The van der Waals surface area contributed by atoms with Gasteiger partial charge in [0.05, 0.1) is 4.90 Å². The molecule has 134 valence electrons. The van der Waals surface area contributed by atoms with Gasteiger partial charge in [-0.05, 0) is 49.2 Å². The number of aryl methyl sites for hydroxylation is 1. The number of hydrogen-bond donors (Lipinski definition) is 1. The summed E-state index contributed by atoms with van der Waals surface area (Å²) in [6.07, 6.45) is 2.72. The molecule has 0 saturated heterocycles. The third-order valence-electron chi connectivity index (χ3n) is 4.84. The van der Waals surface area contributed by atoms with Crippen molar-refractivity contribution in [2.24, 2.45) is 0 Å². The fraction of sp³-hybridized carbons (Fsp3) is 0.200. The molecule has 0 saturated carbocycles. The molecule has 1 aliphatic heterocycles. The standard InChI is InChI=1S/C20H19ClN2O2S/c1-14-20(18-4-2-3-5-19(18)22-14)15-10-12-23(13-11-15)26(24,25)17-8-6-16(21)7-9-17/h2-10,22H,11-13H2,1H3. The van der Waals surface area contributed by atoms with Gasteiger partial charge in [0.1, 0.15) is 0 Å². The van der Waals surface area contributed by atoms with E-state index in [-0.39, 0.29) is 4.90 Å². The minimum absolute atomic E-state index is 0.280. The zero-order chi connectivity index (χ0) is 18.3. The van der Waals surface area contributed by atoms with Crippen molar-refractivity contribution in [1.29, 1.82) is 0 Å². The molecule has 0 radical (unpaired) electrons. The Kier molecular flexibility index (Phi) is 4.39. The first-order valence-corrected chi connectivity index (χ1v) is 10.3. The molecule has 3 aromatic rings. The molecule has 4 nitrogen and oxygen atoms in total. The molecule has 1 aliphatic rings. The summed E-state index contributed by atoms with van der Waals surface area (Å²) in [4.78, 5) is 3.69. The zero-order valence-electron chi connectivity index (χ0n) is 14.4. The lowest BCUT2D eigenvalue weighted by atomic mass is 9.97. The molecule has 2 aromatic carbocycles. The average Bonchev–Trinajstić information content (AvgIpc) is 2.98. The second-order valence-corrected chi connectivity index (χ2v) is 8.84. The molecule has 0 atom stereocenters. The molecule has 4 rings (SSSR count). The highest BCUT2D eigenvalue weighted by Crippen LogP contribution is 2.33. The van der Waals surface area contributed by atoms with Crippen LogP contribution in [0.5, 0.6) is 0 Å². The van der Waals surface area contributed by atoms with Gasteiger partial charge >= 0.3 is 0 Å². The summed E-state index contributed by atoms with van der Waals surface area (Å²) in [5, 5.41) is 1.71. The molecule has 1 aromatic heterocycles. The number of halogens is 1. The minimum atomic E-state index is -3.50. The van der Waals surface area contributed by atoms with Gasteiger partial charge in [0.15, 0.2) is 0 Å². The van der Waals surface area contributed by atoms with Crippen LogP contribution in [0.15, 0.2) is 59.5 Å². The van der Waals surface area contributed by atoms with E-state index in [0.29, 0.717) is 24.5 Å². The highest BCUT2D eigenvalue weighted by molar-refractivity contribution is 7.89. The summed E-state index contributed by atoms with van der Waals surface area (Å²) in [7, 11) is -3.50. The van der Waals surface area contributed by atoms with Crippen molar-refractivity contribution in [3.05, 3.63) is 70.9 Å². The van der Waals surface area contributed by atoms with Gasteiger partial charge in [-0.3, -0.25) is 0 Å². The minimum Gasteiger partial charge on any atom is -0.358 e. The van der Waals surface area contributed by atoms with Gasteiger partial charge in [0.25, 0.3) is 0 Å². The first kappa shape index (κ1) is 17.3. The summed E-state index contributed by atoms with van der Waals surface area (Å²) >= 11 is 5.87. The van der Waals surface area contributed by atoms with Crippen LogP contribution in [0.1, 0.15) is 17.7 Å². The van der Waals surface area contributed by atoms with Crippen molar-refractivity contribution in [3.63, 3.8) is 0 Å². The van der Waals surface area contributed by atoms with E-state index in [9.17, 15) is 8.42 Å². The van der Waals surface area contributed by atoms with Crippen molar-refractivity contribution in [2.45, 2.75) is 18.2 Å². The Morgan fingerprint density at radius 3 is 2.50 bits per heavy atom. The van der Waals surface area contributed by atoms with Crippen LogP contribution in [0.3, 0.4) is 0 Å². The van der Waals surface area contributed by atoms with Gasteiger partial charge < -0.3 is 4.98 Å². The SMILES string of the molecule is Cc1[nH]c2ccccc2c1C1=CCN(S(=O)(=O)c2ccc(Cl)cc2)CC1. The summed E-state index contributed by atoms with van der Waals surface area (Å²) in [6.45, 7) is 2.90.